The van der Waals surface area contributed by atoms with Gasteiger partial charge in [0.2, 0.25) is 0 Å². The summed E-state index contributed by atoms with van der Waals surface area (Å²) in [7, 11) is 3.54. The maximum Gasteiger partial charge on any atom is 0.253 e. The molecule has 1 aromatic carbocycles. The average molecular weight is 276 g/mol. The Kier molecular flexibility index (Phi) is 5.15. The molecular formula is C16H24N2O2. The maximum absolute atomic E-state index is 11.9. The molecule has 1 aliphatic heterocycles. The van der Waals surface area contributed by atoms with Crippen LogP contribution in [0.2, 0.25) is 0 Å². The normalized spacial score (nSPS) is 19.9. The molecular weight excluding hydrogens is 252 g/mol. The Labute approximate surface area is 121 Å². The van der Waals surface area contributed by atoms with Gasteiger partial charge in [0.1, 0.15) is 0 Å². The molecule has 2 rings (SSSR count). The first-order chi connectivity index (χ1) is 9.58. The van der Waals surface area contributed by atoms with E-state index in [4.69, 9.17) is 4.74 Å². The first-order valence-electron chi connectivity index (χ1n) is 7.23. The Morgan fingerprint density at radius 1 is 1.50 bits per heavy atom. The van der Waals surface area contributed by atoms with Gasteiger partial charge in [-0.3, -0.25) is 4.79 Å². The molecule has 1 amide bonds. The van der Waals surface area contributed by atoms with Gasteiger partial charge in [-0.2, -0.15) is 0 Å². The molecule has 1 N–H and O–H groups in total. The fourth-order valence-corrected chi connectivity index (χ4v) is 2.48. The van der Waals surface area contributed by atoms with Gasteiger partial charge in [0, 0.05) is 38.9 Å². The number of nitrogens with zero attached hydrogens (tertiary/aromatic N) is 1. The van der Waals surface area contributed by atoms with Gasteiger partial charge in [0.25, 0.3) is 5.91 Å². The molecule has 20 heavy (non-hydrogen) atoms. The quantitative estimate of drug-likeness (QED) is 0.895. The van der Waals surface area contributed by atoms with Gasteiger partial charge < -0.3 is 15.0 Å². The van der Waals surface area contributed by atoms with Crippen molar-refractivity contribution in [1.29, 1.82) is 0 Å². The molecule has 2 unspecified atom stereocenters. The average Bonchev–Trinajstić information content (AvgIpc) is 2.98. The summed E-state index contributed by atoms with van der Waals surface area (Å²) < 4.78 is 5.67. The third-order valence-electron chi connectivity index (χ3n) is 3.73. The lowest BCUT2D eigenvalue weighted by Gasteiger charge is -2.20. The molecule has 0 aromatic heterocycles. The summed E-state index contributed by atoms with van der Waals surface area (Å²) in [4.78, 5) is 13.5. The van der Waals surface area contributed by atoms with Crippen molar-refractivity contribution >= 4 is 5.91 Å². The lowest BCUT2D eigenvalue weighted by Crippen LogP contribution is -2.36. The van der Waals surface area contributed by atoms with E-state index in [0.29, 0.717) is 12.1 Å². The van der Waals surface area contributed by atoms with Crippen LogP contribution in [0.3, 0.4) is 0 Å². The Morgan fingerprint density at radius 2 is 2.30 bits per heavy atom. The minimum atomic E-state index is 0.0408. The first kappa shape index (κ1) is 15.0. The van der Waals surface area contributed by atoms with Crippen LogP contribution in [-0.2, 0) is 11.3 Å². The first-order valence-corrected chi connectivity index (χ1v) is 7.23. The van der Waals surface area contributed by atoms with E-state index < -0.39 is 0 Å². The number of ether oxygens (including phenoxy) is 1. The molecule has 4 heteroatoms. The highest BCUT2D eigenvalue weighted by Gasteiger charge is 2.21. The van der Waals surface area contributed by atoms with Crippen LogP contribution in [0.25, 0.3) is 0 Å². The third kappa shape index (κ3) is 3.81. The van der Waals surface area contributed by atoms with Gasteiger partial charge in [-0.25, -0.2) is 0 Å². The standard InChI is InChI=1S/C16H24N2O2/c1-12(15-8-5-9-20-15)17-11-13-6-4-7-14(10-13)16(19)18(2)3/h4,6-7,10,12,15,17H,5,8-9,11H2,1-3H3. The largest absolute Gasteiger partial charge is 0.377 e. The van der Waals surface area contributed by atoms with Gasteiger partial charge in [-0.15, -0.1) is 0 Å². The molecule has 0 radical (unpaired) electrons. The molecule has 1 aromatic rings. The Morgan fingerprint density at radius 3 is 2.95 bits per heavy atom. The van der Waals surface area contributed by atoms with Crippen molar-refractivity contribution < 1.29 is 9.53 Å². The summed E-state index contributed by atoms with van der Waals surface area (Å²) in [5, 5.41) is 3.49. The molecule has 110 valence electrons. The zero-order chi connectivity index (χ0) is 14.5. The molecule has 2 atom stereocenters. The van der Waals surface area contributed by atoms with E-state index in [1.165, 1.54) is 0 Å². The number of benzene rings is 1. The molecule has 1 fully saturated rings. The van der Waals surface area contributed by atoms with Gasteiger partial charge in [0.05, 0.1) is 6.10 Å². The summed E-state index contributed by atoms with van der Waals surface area (Å²) in [6.45, 7) is 3.80. The number of carbonyl (C=O) groups excluding carboxylic acids is 1. The molecule has 1 heterocycles. The molecule has 0 aliphatic carbocycles. The SMILES string of the molecule is CC(NCc1cccc(C(=O)N(C)C)c1)C1CCCO1. The van der Waals surface area contributed by atoms with Crippen molar-refractivity contribution in [1.82, 2.24) is 10.2 Å². The predicted octanol–water partition coefficient (Wildman–Crippen LogP) is 2.05. The summed E-state index contributed by atoms with van der Waals surface area (Å²) in [6.07, 6.45) is 2.61. The molecule has 0 saturated carbocycles. The smallest absolute Gasteiger partial charge is 0.253 e. The van der Waals surface area contributed by atoms with Crippen molar-refractivity contribution in [2.24, 2.45) is 0 Å². The van der Waals surface area contributed by atoms with E-state index in [9.17, 15) is 4.79 Å². The van der Waals surface area contributed by atoms with Crippen LogP contribution in [0, 0.1) is 0 Å². The lowest BCUT2D eigenvalue weighted by atomic mass is 10.1. The zero-order valence-corrected chi connectivity index (χ0v) is 12.6. The van der Waals surface area contributed by atoms with Crippen molar-refractivity contribution in [2.75, 3.05) is 20.7 Å². The Hall–Kier alpha value is -1.39. The van der Waals surface area contributed by atoms with Crippen LogP contribution in [-0.4, -0.2) is 43.7 Å². The Balaban J connectivity index is 1.92. The number of rotatable bonds is 5. The summed E-state index contributed by atoms with van der Waals surface area (Å²) in [5.74, 6) is 0.0408. The minimum absolute atomic E-state index is 0.0408. The second kappa shape index (κ2) is 6.86. The third-order valence-corrected chi connectivity index (χ3v) is 3.73. The lowest BCUT2D eigenvalue weighted by molar-refractivity contribution is 0.0823. The molecule has 4 nitrogen and oxygen atoms in total. The van der Waals surface area contributed by atoms with Crippen LogP contribution in [0.15, 0.2) is 24.3 Å². The summed E-state index contributed by atoms with van der Waals surface area (Å²) in [5.41, 5.74) is 1.86. The van der Waals surface area contributed by atoms with Gasteiger partial charge in [-0.05, 0) is 37.5 Å². The highest BCUT2D eigenvalue weighted by atomic mass is 16.5. The Bertz CT molecular complexity index is 454. The van der Waals surface area contributed by atoms with Gasteiger partial charge in [0.15, 0.2) is 0 Å². The maximum atomic E-state index is 11.9. The van der Waals surface area contributed by atoms with Gasteiger partial charge >= 0.3 is 0 Å². The van der Waals surface area contributed by atoms with Crippen molar-refractivity contribution in [3.8, 4) is 0 Å². The van der Waals surface area contributed by atoms with E-state index >= 15 is 0 Å². The second-order valence-corrected chi connectivity index (χ2v) is 5.62. The predicted molar refractivity (Wildman–Crippen MR) is 79.7 cm³/mol. The van der Waals surface area contributed by atoms with Crippen molar-refractivity contribution in [2.45, 2.75) is 38.5 Å². The van der Waals surface area contributed by atoms with E-state index in [0.717, 1.165) is 37.1 Å². The number of carbonyl (C=O) groups is 1. The van der Waals surface area contributed by atoms with Crippen molar-refractivity contribution in [3.05, 3.63) is 35.4 Å². The number of nitrogens with one attached hydrogen (secondary N) is 1. The highest BCUT2D eigenvalue weighted by Crippen LogP contribution is 2.16. The minimum Gasteiger partial charge on any atom is -0.377 e. The summed E-state index contributed by atoms with van der Waals surface area (Å²) >= 11 is 0. The van der Waals surface area contributed by atoms with E-state index in [1.807, 2.05) is 24.3 Å². The van der Waals surface area contributed by atoms with Crippen LogP contribution in [0.4, 0.5) is 0 Å². The van der Waals surface area contributed by atoms with Crippen LogP contribution >= 0.6 is 0 Å². The molecule has 1 saturated heterocycles. The van der Waals surface area contributed by atoms with E-state index in [-0.39, 0.29) is 5.91 Å². The van der Waals surface area contributed by atoms with Crippen LogP contribution in [0.1, 0.15) is 35.7 Å². The monoisotopic (exact) mass is 276 g/mol. The number of amides is 1. The molecule has 1 aliphatic rings. The van der Waals surface area contributed by atoms with Gasteiger partial charge in [-0.1, -0.05) is 12.1 Å². The number of hydrogen-bond acceptors (Lipinski definition) is 3. The van der Waals surface area contributed by atoms with Crippen molar-refractivity contribution in [3.63, 3.8) is 0 Å². The highest BCUT2D eigenvalue weighted by molar-refractivity contribution is 5.94. The van der Waals surface area contributed by atoms with Crippen LogP contribution in [0.5, 0.6) is 0 Å². The number of hydrogen-bond donors (Lipinski definition) is 1. The molecule has 0 bridgehead atoms. The summed E-state index contributed by atoms with van der Waals surface area (Å²) in [6, 6.07) is 8.13. The fourth-order valence-electron chi connectivity index (χ4n) is 2.48. The van der Waals surface area contributed by atoms with E-state index in [2.05, 4.69) is 12.2 Å². The molecule has 0 spiro atoms. The van der Waals surface area contributed by atoms with E-state index in [1.54, 1.807) is 19.0 Å². The fraction of sp³-hybridized carbons (Fsp3) is 0.562. The second-order valence-electron chi connectivity index (χ2n) is 5.62. The van der Waals surface area contributed by atoms with Crippen LogP contribution < -0.4 is 5.32 Å². The topological polar surface area (TPSA) is 41.6 Å². The zero-order valence-electron chi connectivity index (χ0n) is 12.6.